The van der Waals surface area contributed by atoms with E-state index < -0.39 is 0 Å². The third-order valence-corrected chi connectivity index (χ3v) is 4.52. The molecule has 1 aliphatic heterocycles. The van der Waals surface area contributed by atoms with Gasteiger partial charge in [0.15, 0.2) is 5.79 Å². The highest BCUT2D eigenvalue weighted by molar-refractivity contribution is 5.95. The van der Waals surface area contributed by atoms with Crippen LogP contribution in [0.5, 0.6) is 0 Å². The van der Waals surface area contributed by atoms with Gasteiger partial charge in [0, 0.05) is 30.1 Å². The first-order valence-corrected chi connectivity index (χ1v) is 7.53. The van der Waals surface area contributed by atoms with E-state index in [4.69, 9.17) is 15.2 Å². The molecule has 1 spiro atoms. The fourth-order valence-electron chi connectivity index (χ4n) is 3.27. The number of rotatable bonds is 3. The molecule has 2 aliphatic rings. The molecule has 21 heavy (non-hydrogen) atoms. The molecular weight excluding hydrogens is 268 g/mol. The number of carbonyl (C=O) groups excluding carboxylic acids is 1. The lowest BCUT2D eigenvalue weighted by molar-refractivity contribution is -0.177. The van der Waals surface area contributed by atoms with Crippen molar-refractivity contribution in [2.75, 3.05) is 18.5 Å². The average Bonchev–Trinajstić information content (AvgIpc) is 2.92. The summed E-state index contributed by atoms with van der Waals surface area (Å²) in [5.74, 6) is -0.714. The van der Waals surface area contributed by atoms with Crippen molar-refractivity contribution in [1.29, 1.82) is 0 Å². The third kappa shape index (κ3) is 2.89. The van der Waals surface area contributed by atoms with Gasteiger partial charge in [-0.15, -0.1) is 0 Å². The monoisotopic (exact) mass is 290 g/mol. The Kier molecular flexibility index (Phi) is 3.87. The Balaban J connectivity index is 1.65. The van der Waals surface area contributed by atoms with Gasteiger partial charge in [0.05, 0.1) is 13.2 Å². The predicted octanol–water partition coefficient (Wildman–Crippen LogP) is 2.19. The second kappa shape index (κ2) is 5.66. The number of ether oxygens (including phenoxy) is 2. The van der Waals surface area contributed by atoms with Gasteiger partial charge in [-0.2, -0.15) is 0 Å². The van der Waals surface area contributed by atoms with Gasteiger partial charge >= 0.3 is 0 Å². The Bertz CT molecular complexity index is 528. The summed E-state index contributed by atoms with van der Waals surface area (Å²) in [6, 6.07) is 6.00. The molecule has 0 bridgehead atoms. The molecule has 1 saturated carbocycles. The lowest BCUT2D eigenvalue weighted by Crippen LogP contribution is -2.39. The summed E-state index contributed by atoms with van der Waals surface area (Å²) in [5.41, 5.74) is 7.88. The lowest BCUT2D eigenvalue weighted by atomic mass is 9.89. The summed E-state index contributed by atoms with van der Waals surface area (Å²) in [5, 5.41) is 3.53. The van der Waals surface area contributed by atoms with Crippen molar-refractivity contribution in [3.05, 3.63) is 29.3 Å². The molecule has 3 rings (SSSR count). The first-order chi connectivity index (χ1) is 10.1. The highest BCUT2D eigenvalue weighted by Crippen LogP contribution is 2.37. The van der Waals surface area contributed by atoms with Crippen LogP contribution in [0.15, 0.2) is 18.2 Å². The molecule has 5 nitrogen and oxygen atoms in total. The maximum absolute atomic E-state index is 11.4. The van der Waals surface area contributed by atoms with E-state index in [1.54, 1.807) is 6.07 Å². The third-order valence-electron chi connectivity index (χ3n) is 4.52. The Morgan fingerprint density at radius 1 is 1.29 bits per heavy atom. The highest BCUT2D eigenvalue weighted by atomic mass is 16.7. The van der Waals surface area contributed by atoms with Crippen LogP contribution in [0, 0.1) is 6.92 Å². The van der Waals surface area contributed by atoms with Gasteiger partial charge < -0.3 is 20.5 Å². The standard InChI is InChI=1S/C16H22N2O3/c1-11-13(15(17)19)3-2-4-14(11)18-12-5-7-16(8-6-12)20-9-10-21-16/h2-4,12,18H,5-10H2,1H3,(H2,17,19). The largest absolute Gasteiger partial charge is 0.382 e. The van der Waals surface area contributed by atoms with E-state index in [0.29, 0.717) is 24.8 Å². The number of amides is 1. The molecule has 5 heteroatoms. The minimum atomic E-state index is -0.383. The van der Waals surface area contributed by atoms with E-state index in [1.165, 1.54) is 0 Å². The van der Waals surface area contributed by atoms with Crippen LogP contribution < -0.4 is 11.1 Å². The number of nitrogens with two attached hydrogens (primary N) is 1. The average molecular weight is 290 g/mol. The van der Waals surface area contributed by atoms with E-state index in [1.807, 2.05) is 19.1 Å². The van der Waals surface area contributed by atoms with Crippen LogP contribution in [0.4, 0.5) is 5.69 Å². The SMILES string of the molecule is Cc1c(NC2CCC3(CC2)OCCO3)cccc1C(N)=O. The van der Waals surface area contributed by atoms with Crippen LogP contribution in [0.25, 0.3) is 0 Å². The van der Waals surface area contributed by atoms with Crippen LogP contribution in [-0.2, 0) is 9.47 Å². The molecule has 1 aromatic rings. The predicted molar refractivity (Wildman–Crippen MR) is 80.2 cm³/mol. The van der Waals surface area contributed by atoms with Crippen LogP contribution in [0.2, 0.25) is 0 Å². The summed E-state index contributed by atoms with van der Waals surface area (Å²) < 4.78 is 11.5. The molecule has 1 amide bonds. The molecule has 1 saturated heterocycles. The molecular formula is C16H22N2O3. The molecule has 0 aromatic heterocycles. The van der Waals surface area contributed by atoms with Crippen molar-refractivity contribution in [3.8, 4) is 0 Å². The number of hydrogen-bond acceptors (Lipinski definition) is 4. The maximum Gasteiger partial charge on any atom is 0.249 e. The fraction of sp³-hybridized carbons (Fsp3) is 0.562. The first kappa shape index (κ1) is 14.4. The molecule has 3 N–H and O–H groups in total. The van der Waals surface area contributed by atoms with Crippen molar-refractivity contribution in [2.24, 2.45) is 5.73 Å². The second-order valence-electron chi connectivity index (χ2n) is 5.87. The van der Waals surface area contributed by atoms with E-state index in [9.17, 15) is 4.79 Å². The molecule has 1 aromatic carbocycles. The summed E-state index contributed by atoms with van der Waals surface area (Å²) in [4.78, 5) is 11.4. The summed E-state index contributed by atoms with van der Waals surface area (Å²) in [7, 11) is 0. The maximum atomic E-state index is 11.4. The van der Waals surface area contributed by atoms with Gasteiger partial charge in [-0.05, 0) is 37.5 Å². The quantitative estimate of drug-likeness (QED) is 0.895. The van der Waals surface area contributed by atoms with E-state index in [-0.39, 0.29) is 11.7 Å². The highest BCUT2D eigenvalue weighted by Gasteiger charge is 2.40. The van der Waals surface area contributed by atoms with Crippen molar-refractivity contribution >= 4 is 11.6 Å². The molecule has 1 aliphatic carbocycles. The van der Waals surface area contributed by atoms with Crippen LogP contribution in [0.3, 0.4) is 0 Å². The topological polar surface area (TPSA) is 73.6 Å². The van der Waals surface area contributed by atoms with Gasteiger partial charge in [-0.1, -0.05) is 6.07 Å². The van der Waals surface area contributed by atoms with Crippen molar-refractivity contribution in [3.63, 3.8) is 0 Å². The van der Waals surface area contributed by atoms with Gasteiger partial charge in [-0.25, -0.2) is 0 Å². The molecule has 2 fully saturated rings. The zero-order chi connectivity index (χ0) is 14.9. The van der Waals surface area contributed by atoms with E-state index in [0.717, 1.165) is 36.9 Å². The fourth-order valence-corrected chi connectivity index (χ4v) is 3.27. The molecule has 114 valence electrons. The molecule has 0 unspecified atom stereocenters. The summed E-state index contributed by atoms with van der Waals surface area (Å²) >= 11 is 0. The minimum Gasteiger partial charge on any atom is -0.382 e. The smallest absolute Gasteiger partial charge is 0.249 e. The van der Waals surface area contributed by atoms with Crippen LogP contribution in [-0.4, -0.2) is 30.9 Å². The van der Waals surface area contributed by atoms with Gasteiger partial charge in [-0.3, -0.25) is 4.79 Å². The van der Waals surface area contributed by atoms with Crippen molar-refractivity contribution in [2.45, 2.75) is 44.4 Å². The first-order valence-electron chi connectivity index (χ1n) is 7.53. The lowest BCUT2D eigenvalue weighted by Gasteiger charge is -2.36. The van der Waals surface area contributed by atoms with Gasteiger partial charge in [0.1, 0.15) is 0 Å². The Morgan fingerprint density at radius 2 is 1.95 bits per heavy atom. The van der Waals surface area contributed by atoms with Gasteiger partial charge in [0.25, 0.3) is 0 Å². The van der Waals surface area contributed by atoms with Crippen molar-refractivity contribution in [1.82, 2.24) is 0 Å². The zero-order valence-corrected chi connectivity index (χ0v) is 12.4. The number of benzene rings is 1. The summed E-state index contributed by atoms with van der Waals surface area (Å²) in [6.45, 7) is 3.34. The zero-order valence-electron chi connectivity index (χ0n) is 12.4. The minimum absolute atomic E-state index is 0.331. The molecule has 1 heterocycles. The number of nitrogens with one attached hydrogen (secondary N) is 1. The number of primary amides is 1. The number of anilines is 1. The number of carbonyl (C=O) groups is 1. The van der Waals surface area contributed by atoms with Crippen molar-refractivity contribution < 1.29 is 14.3 Å². The number of hydrogen-bond donors (Lipinski definition) is 2. The van der Waals surface area contributed by atoms with Crippen LogP contribution >= 0.6 is 0 Å². The Hall–Kier alpha value is -1.59. The molecule has 0 atom stereocenters. The second-order valence-corrected chi connectivity index (χ2v) is 5.87. The normalized spacial score (nSPS) is 21.6. The Morgan fingerprint density at radius 3 is 2.57 bits per heavy atom. The molecule has 0 radical (unpaired) electrons. The van der Waals surface area contributed by atoms with Gasteiger partial charge in [0.2, 0.25) is 5.91 Å². The summed E-state index contributed by atoms with van der Waals surface area (Å²) in [6.07, 6.45) is 3.83. The van der Waals surface area contributed by atoms with E-state index >= 15 is 0 Å². The van der Waals surface area contributed by atoms with Crippen LogP contribution in [0.1, 0.15) is 41.6 Å². The van der Waals surface area contributed by atoms with E-state index in [2.05, 4.69) is 5.32 Å². The Labute approximate surface area is 124 Å².